The summed E-state index contributed by atoms with van der Waals surface area (Å²) < 4.78 is 20.6. The van der Waals surface area contributed by atoms with Gasteiger partial charge in [0.2, 0.25) is 6.54 Å². The summed E-state index contributed by atoms with van der Waals surface area (Å²) >= 11 is 0. The Hall–Kier alpha value is -0.450. The Balaban J connectivity index is 4.32. The van der Waals surface area contributed by atoms with Crippen LogP contribution in [0, 0.1) is 10.1 Å². The summed E-state index contributed by atoms with van der Waals surface area (Å²) in [5.74, 6) is 0. The van der Waals surface area contributed by atoms with Crippen molar-refractivity contribution in [3.05, 3.63) is 10.1 Å². The molecule has 0 aliphatic heterocycles. The van der Waals surface area contributed by atoms with Gasteiger partial charge in [0.05, 0.1) is 0 Å². The van der Waals surface area contributed by atoms with Gasteiger partial charge in [-0.1, -0.05) is 0 Å². The molecule has 1 atom stereocenters. The Bertz CT molecular complexity index is 198. The third-order valence-electron chi connectivity index (χ3n) is 1.46. The van der Waals surface area contributed by atoms with E-state index in [1.807, 2.05) is 0 Å². The molecule has 0 aliphatic carbocycles. The van der Waals surface area contributed by atoms with Crippen molar-refractivity contribution in [3.8, 4) is 0 Å². The van der Waals surface area contributed by atoms with Crippen molar-refractivity contribution in [1.29, 1.82) is 0 Å². The third-order valence-corrected chi connectivity index (χ3v) is 3.72. The van der Waals surface area contributed by atoms with Gasteiger partial charge < -0.3 is 9.05 Å². The number of nitro groups is 1. The van der Waals surface area contributed by atoms with E-state index in [-0.39, 0.29) is 0 Å². The predicted molar refractivity (Wildman–Crippen MR) is 42.9 cm³/mol. The molecular weight excluding hydrogens is 185 g/mol. The fraction of sp³-hybridized carbons (Fsp3) is 1.00. The minimum atomic E-state index is -3.27. The SMILES string of the molecule is COP(=O)(OC)C(C)C[N+](=O)[O-]. The largest absolute Gasteiger partial charge is 0.339 e. The highest BCUT2D eigenvalue weighted by Crippen LogP contribution is 2.51. The highest BCUT2D eigenvalue weighted by molar-refractivity contribution is 7.54. The van der Waals surface area contributed by atoms with Gasteiger partial charge in [0.1, 0.15) is 5.66 Å². The van der Waals surface area contributed by atoms with Gasteiger partial charge in [0.15, 0.2) is 0 Å². The molecule has 1 unspecified atom stereocenters. The minimum Gasteiger partial charge on any atom is -0.312 e. The normalized spacial score (nSPS) is 14.2. The minimum absolute atomic E-state index is 0.418. The molecule has 0 aromatic carbocycles. The van der Waals surface area contributed by atoms with E-state index in [2.05, 4.69) is 9.05 Å². The first-order valence-corrected chi connectivity index (χ1v) is 4.90. The molecule has 0 spiro atoms. The molecule has 0 radical (unpaired) electrons. The lowest BCUT2D eigenvalue weighted by molar-refractivity contribution is -0.479. The maximum Gasteiger partial charge on any atom is 0.339 e. The lowest BCUT2D eigenvalue weighted by Gasteiger charge is -2.17. The standard InChI is InChI=1S/C5H12NO5P/c1-5(4-6(7)8)12(9,10-2)11-3/h5H,4H2,1-3H3. The molecule has 0 N–H and O–H groups in total. The Labute approximate surface area is 70.5 Å². The molecule has 0 bridgehead atoms. The second-order valence-corrected chi connectivity index (χ2v) is 4.96. The van der Waals surface area contributed by atoms with Crippen LogP contribution in [0.15, 0.2) is 0 Å². The van der Waals surface area contributed by atoms with Crippen LogP contribution in [-0.2, 0) is 13.6 Å². The summed E-state index contributed by atoms with van der Waals surface area (Å²) in [6, 6.07) is 0. The number of rotatable bonds is 5. The van der Waals surface area contributed by atoms with Crippen LogP contribution in [0.2, 0.25) is 0 Å². The Morgan fingerprint density at radius 2 is 1.92 bits per heavy atom. The highest BCUT2D eigenvalue weighted by atomic mass is 31.2. The second kappa shape index (κ2) is 4.54. The van der Waals surface area contributed by atoms with Gasteiger partial charge >= 0.3 is 7.60 Å². The number of nitrogens with zero attached hydrogens (tertiary/aromatic N) is 1. The van der Waals surface area contributed by atoms with Crippen LogP contribution in [0.1, 0.15) is 6.92 Å². The Morgan fingerprint density at radius 1 is 1.50 bits per heavy atom. The summed E-state index contributed by atoms with van der Waals surface area (Å²) in [4.78, 5) is 9.52. The fourth-order valence-corrected chi connectivity index (χ4v) is 1.95. The van der Waals surface area contributed by atoms with E-state index in [0.717, 1.165) is 0 Å². The predicted octanol–water partition coefficient (Wildman–Crippen LogP) is 1.14. The lowest BCUT2D eigenvalue weighted by Crippen LogP contribution is -2.18. The molecule has 0 saturated heterocycles. The smallest absolute Gasteiger partial charge is 0.312 e. The van der Waals surface area contributed by atoms with Crippen molar-refractivity contribution in [2.75, 3.05) is 20.8 Å². The van der Waals surface area contributed by atoms with E-state index >= 15 is 0 Å². The maximum atomic E-state index is 11.4. The quantitative estimate of drug-likeness (QED) is 0.375. The van der Waals surface area contributed by atoms with Crippen LogP contribution >= 0.6 is 7.60 Å². The van der Waals surface area contributed by atoms with Crippen molar-refractivity contribution in [2.45, 2.75) is 12.6 Å². The van der Waals surface area contributed by atoms with E-state index in [0.29, 0.717) is 0 Å². The summed E-state index contributed by atoms with van der Waals surface area (Å²) in [5.41, 5.74) is -0.720. The van der Waals surface area contributed by atoms with Crippen LogP contribution in [0.4, 0.5) is 0 Å². The Morgan fingerprint density at radius 3 is 2.17 bits per heavy atom. The first kappa shape index (κ1) is 11.6. The topological polar surface area (TPSA) is 78.7 Å². The number of hydrogen-bond donors (Lipinski definition) is 0. The summed E-state index contributed by atoms with van der Waals surface area (Å²) in [6.45, 7) is 1.04. The van der Waals surface area contributed by atoms with Crippen molar-refractivity contribution >= 4 is 7.60 Å². The molecule has 0 fully saturated rings. The van der Waals surface area contributed by atoms with Crippen molar-refractivity contribution in [1.82, 2.24) is 0 Å². The van der Waals surface area contributed by atoms with E-state index in [9.17, 15) is 14.7 Å². The average molecular weight is 197 g/mol. The first-order chi connectivity index (χ1) is 5.46. The molecular formula is C5H12NO5P. The first-order valence-electron chi connectivity index (χ1n) is 3.29. The van der Waals surface area contributed by atoms with Gasteiger partial charge in [-0.05, 0) is 6.92 Å². The van der Waals surface area contributed by atoms with Gasteiger partial charge in [0, 0.05) is 19.1 Å². The van der Waals surface area contributed by atoms with E-state index < -0.39 is 24.7 Å². The zero-order chi connectivity index (χ0) is 9.78. The second-order valence-electron chi connectivity index (χ2n) is 2.27. The lowest BCUT2D eigenvalue weighted by atomic mass is 10.5. The monoisotopic (exact) mass is 197 g/mol. The van der Waals surface area contributed by atoms with E-state index in [1.165, 1.54) is 21.1 Å². The van der Waals surface area contributed by atoms with Gasteiger partial charge in [-0.2, -0.15) is 0 Å². The van der Waals surface area contributed by atoms with E-state index in [4.69, 9.17) is 0 Å². The van der Waals surface area contributed by atoms with Crippen LogP contribution < -0.4 is 0 Å². The molecule has 0 aliphatic rings. The molecule has 0 aromatic rings. The van der Waals surface area contributed by atoms with Gasteiger partial charge in [-0.25, -0.2) is 0 Å². The summed E-state index contributed by atoms with van der Waals surface area (Å²) in [7, 11) is -0.850. The number of hydrogen-bond acceptors (Lipinski definition) is 5. The van der Waals surface area contributed by atoms with E-state index in [1.54, 1.807) is 0 Å². The summed E-state index contributed by atoms with van der Waals surface area (Å²) in [5, 5.41) is 10.1. The Kier molecular flexibility index (Phi) is 4.37. The fourth-order valence-electron chi connectivity index (χ4n) is 0.750. The molecule has 0 heterocycles. The molecule has 7 heteroatoms. The molecule has 0 amide bonds. The molecule has 72 valence electrons. The van der Waals surface area contributed by atoms with Crippen LogP contribution in [-0.4, -0.2) is 31.3 Å². The van der Waals surface area contributed by atoms with Crippen molar-refractivity contribution in [2.24, 2.45) is 0 Å². The molecule has 0 rings (SSSR count). The van der Waals surface area contributed by atoms with Crippen LogP contribution in [0.25, 0.3) is 0 Å². The third kappa shape index (κ3) is 2.89. The summed E-state index contributed by atoms with van der Waals surface area (Å²) in [6.07, 6.45) is 0. The van der Waals surface area contributed by atoms with Gasteiger partial charge in [0.25, 0.3) is 0 Å². The maximum absolute atomic E-state index is 11.4. The van der Waals surface area contributed by atoms with Crippen LogP contribution in [0.5, 0.6) is 0 Å². The molecule has 0 saturated carbocycles. The average Bonchev–Trinajstić information content (AvgIpc) is 2.02. The van der Waals surface area contributed by atoms with Gasteiger partial charge in [-0.15, -0.1) is 0 Å². The highest BCUT2D eigenvalue weighted by Gasteiger charge is 2.33. The van der Waals surface area contributed by atoms with Crippen molar-refractivity contribution < 1.29 is 18.5 Å². The molecule has 12 heavy (non-hydrogen) atoms. The zero-order valence-corrected chi connectivity index (χ0v) is 8.11. The zero-order valence-electron chi connectivity index (χ0n) is 7.22. The van der Waals surface area contributed by atoms with Gasteiger partial charge in [-0.3, -0.25) is 14.7 Å². The van der Waals surface area contributed by atoms with Crippen LogP contribution in [0.3, 0.4) is 0 Å². The molecule has 6 nitrogen and oxygen atoms in total. The van der Waals surface area contributed by atoms with Crippen molar-refractivity contribution in [3.63, 3.8) is 0 Å². The molecule has 0 aromatic heterocycles.